The molecule has 2 atom stereocenters. The van der Waals surface area contributed by atoms with Gasteiger partial charge in [0, 0.05) is 17.7 Å². The number of ether oxygens (including phenoxy) is 1. The fourth-order valence-electron chi connectivity index (χ4n) is 1.68. The molecule has 0 saturated carbocycles. The van der Waals surface area contributed by atoms with Crippen molar-refractivity contribution < 1.29 is 14.2 Å². The first kappa shape index (κ1) is 14.9. The molecular formula is C14H22FNO2. The molecule has 0 aromatic heterocycles. The van der Waals surface area contributed by atoms with E-state index in [4.69, 9.17) is 4.74 Å². The Morgan fingerprint density at radius 2 is 2.11 bits per heavy atom. The molecule has 0 aliphatic rings. The molecule has 0 aliphatic carbocycles. The van der Waals surface area contributed by atoms with E-state index in [-0.39, 0.29) is 18.5 Å². The second kappa shape index (κ2) is 7.34. The monoisotopic (exact) mass is 255 g/mol. The lowest BCUT2D eigenvalue weighted by atomic mass is 10.1. The highest BCUT2D eigenvalue weighted by molar-refractivity contribution is 5.30. The molecule has 1 aromatic rings. The van der Waals surface area contributed by atoms with Crippen molar-refractivity contribution >= 4 is 0 Å². The second-order valence-corrected chi connectivity index (χ2v) is 4.34. The summed E-state index contributed by atoms with van der Waals surface area (Å²) < 4.78 is 19.2. The summed E-state index contributed by atoms with van der Waals surface area (Å²) in [4.78, 5) is 0. The van der Waals surface area contributed by atoms with Crippen LogP contribution in [0, 0.1) is 5.82 Å². The maximum atomic E-state index is 13.8. The van der Waals surface area contributed by atoms with E-state index in [9.17, 15) is 9.50 Å². The van der Waals surface area contributed by atoms with Crippen molar-refractivity contribution in [2.75, 3.05) is 13.2 Å². The van der Waals surface area contributed by atoms with Gasteiger partial charge in [0.2, 0.25) is 0 Å². The molecule has 0 aliphatic heterocycles. The van der Waals surface area contributed by atoms with Gasteiger partial charge in [-0.25, -0.2) is 4.39 Å². The van der Waals surface area contributed by atoms with Crippen LogP contribution >= 0.6 is 0 Å². The molecule has 1 rings (SSSR count). The molecule has 0 radical (unpaired) electrons. The fraction of sp³-hybridized carbons (Fsp3) is 0.571. The largest absolute Gasteiger partial charge is 0.491 e. The fourth-order valence-corrected chi connectivity index (χ4v) is 1.68. The van der Waals surface area contributed by atoms with Crippen molar-refractivity contribution in [2.45, 2.75) is 39.3 Å². The molecule has 18 heavy (non-hydrogen) atoms. The van der Waals surface area contributed by atoms with Crippen LogP contribution in [0.5, 0.6) is 5.75 Å². The van der Waals surface area contributed by atoms with Crippen LogP contribution in [0.25, 0.3) is 0 Å². The summed E-state index contributed by atoms with van der Waals surface area (Å²) >= 11 is 0. The average molecular weight is 255 g/mol. The molecule has 0 bridgehead atoms. The van der Waals surface area contributed by atoms with Crippen LogP contribution < -0.4 is 10.1 Å². The van der Waals surface area contributed by atoms with Gasteiger partial charge in [0.25, 0.3) is 0 Å². The predicted molar refractivity (Wildman–Crippen MR) is 70.3 cm³/mol. The maximum Gasteiger partial charge on any atom is 0.131 e. The predicted octanol–water partition coefficient (Wildman–Crippen LogP) is 2.65. The molecule has 0 fully saturated rings. The molecule has 0 saturated heterocycles. The summed E-state index contributed by atoms with van der Waals surface area (Å²) in [5, 5.41) is 12.5. The van der Waals surface area contributed by atoms with Gasteiger partial charge in [0.05, 0.1) is 6.10 Å². The van der Waals surface area contributed by atoms with E-state index < -0.39 is 6.10 Å². The van der Waals surface area contributed by atoms with Crippen LogP contribution in [0.4, 0.5) is 4.39 Å². The second-order valence-electron chi connectivity index (χ2n) is 4.34. The molecule has 102 valence electrons. The Labute approximate surface area is 108 Å². The number of hydrogen-bond donors (Lipinski definition) is 2. The van der Waals surface area contributed by atoms with E-state index in [0.29, 0.717) is 17.7 Å². The molecule has 1 aromatic carbocycles. The quantitative estimate of drug-likeness (QED) is 0.787. The number of benzene rings is 1. The number of rotatable bonds is 7. The van der Waals surface area contributed by atoms with Gasteiger partial charge in [-0.15, -0.1) is 0 Å². The first-order valence-electron chi connectivity index (χ1n) is 6.42. The van der Waals surface area contributed by atoms with Gasteiger partial charge in [0.1, 0.15) is 18.2 Å². The zero-order valence-corrected chi connectivity index (χ0v) is 11.2. The number of aliphatic hydroxyl groups excluding tert-OH is 1. The van der Waals surface area contributed by atoms with Crippen LogP contribution in [0.1, 0.15) is 38.8 Å². The van der Waals surface area contributed by atoms with Gasteiger partial charge in [0.15, 0.2) is 0 Å². The number of hydrogen-bond acceptors (Lipinski definition) is 3. The van der Waals surface area contributed by atoms with Gasteiger partial charge >= 0.3 is 0 Å². The van der Waals surface area contributed by atoms with Gasteiger partial charge in [-0.2, -0.15) is 0 Å². The topological polar surface area (TPSA) is 41.5 Å². The molecule has 0 heterocycles. The first-order chi connectivity index (χ1) is 8.58. The zero-order chi connectivity index (χ0) is 13.5. The van der Waals surface area contributed by atoms with E-state index in [0.717, 1.165) is 6.54 Å². The third-order valence-electron chi connectivity index (χ3n) is 2.86. The lowest BCUT2D eigenvalue weighted by molar-refractivity contribution is 0.104. The van der Waals surface area contributed by atoms with Crippen molar-refractivity contribution in [1.82, 2.24) is 5.32 Å². The van der Waals surface area contributed by atoms with Crippen LogP contribution in [0.2, 0.25) is 0 Å². The Bertz CT molecular complexity index is 371. The Morgan fingerprint density at radius 1 is 1.39 bits per heavy atom. The average Bonchev–Trinajstić information content (AvgIpc) is 2.36. The maximum absolute atomic E-state index is 13.8. The van der Waals surface area contributed by atoms with Gasteiger partial charge in [-0.3, -0.25) is 0 Å². The Kier molecular flexibility index (Phi) is 6.09. The molecule has 2 unspecified atom stereocenters. The number of halogens is 1. The third kappa shape index (κ3) is 4.27. The van der Waals surface area contributed by atoms with E-state index >= 15 is 0 Å². The standard InChI is InChI=1S/C14H22FNO2/c1-4-11(17)9-18-12-6-7-13(14(15)8-12)10(3)16-5-2/h6-8,10-11,16-17H,4-5,9H2,1-3H3. The molecule has 4 heteroatoms. The van der Waals surface area contributed by atoms with Gasteiger partial charge in [-0.1, -0.05) is 19.9 Å². The Hall–Kier alpha value is -1.13. The summed E-state index contributed by atoms with van der Waals surface area (Å²) in [6.07, 6.45) is 0.117. The molecule has 2 N–H and O–H groups in total. The number of nitrogens with one attached hydrogen (secondary N) is 1. The van der Waals surface area contributed by atoms with Crippen molar-refractivity contribution in [2.24, 2.45) is 0 Å². The van der Waals surface area contributed by atoms with Crippen molar-refractivity contribution in [1.29, 1.82) is 0 Å². The van der Waals surface area contributed by atoms with E-state index in [1.165, 1.54) is 6.07 Å². The molecule has 0 spiro atoms. The highest BCUT2D eigenvalue weighted by atomic mass is 19.1. The van der Waals surface area contributed by atoms with Gasteiger partial charge < -0.3 is 15.2 Å². The summed E-state index contributed by atoms with van der Waals surface area (Å²) in [6.45, 7) is 6.76. The van der Waals surface area contributed by atoms with Crippen LogP contribution in [-0.4, -0.2) is 24.4 Å². The first-order valence-corrected chi connectivity index (χ1v) is 6.42. The van der Waals surface area contributed by atoms with Crippen LogP contribution in [-0.2, 0) is 0 Å². The SMILES string of the molecule is CCNC(C)c1ccc(OCC(O)CC)cc1F. The minimum Gasteiger partial charge on any atom is -0.491 e. The smallest absolute Gasteiger partial charge is 0.131 e. The highest BCUT2D eigenvalue weighted by Crippen LogP contribution is 2.22. The normalized spacial score (nSPS) is 14.3. The summed E-state index contributed by atoms with van der Waals surface area (Å²) in [5.41, 5.74) is 0.625. The Morgan fingerprint density at radius 3 is 2.67 bits per heavy atom. The van der Waals surface area contributed by atoms with Crippen LogP contribution in [0.3, 0.4) is 0 Å². The van der Waals surface area contributed by atoms with E-state index in [1.807, 2.05) is 20.8 Å². The third-order valence-corrected chi connectivity index (χ3v) is 2.86. The van der Waals surface area contributed by atoms with E-state index in [2.05, 4.69) is 5.32 Å². The van der Waals surface area contributed by atoms with E-state index in [1.54, 1.807) is 12.1 Å². The summed E-state index contributed by atoms with van der Waals surface area (Å²) in [5.74, 6) is 0.166. The van der Waals surface area contributed by atoms with Crippen molar-refractivity contribution in [3.05, 3.63) is 29.6 Å². The summed E-state index contributed by atoms with van der Waals surface area (Å²) in [7, 11) is 0. The molecule has 3 nitrogen and oxygen atoms in total. The molecular weight excluding hydrogens is 233 g/mol. The zero-order valence-electron chi connectivity index (χ0n) is 11.2. The highest BCUT2D eigenvalue weighted by Gasteiger charge is 2.11. The minimum absolute atomic E-state index is 0.0229. The number of aliphatic hydroxyl groups is 1. The lowest BCUT2D eigenvalue weighted by Gasteiger charge is -2.15. The molecule has 0 amide bonds. The lowest BCUT2D eigenvalue weighted by Crippen LogP contribution is -2.19. The Balaban J connectivity index is 2.67. The van der Waals surface area contributed by atoms with Crippen LogP contribution in [0.15, 0.2) is 18.2 Å². The van der Waals surface area contributed by atoms with Crippen molar-refractivity contribution in [3.8, 4) is 5.75 Å². The van der Waals surface area contributed by atoms with Crippen molar-refractivity contribution in [3.63, 3.8) is 0 Å². The van der Waals surface area contributed by atoms with Gasteiger partial charge in [-0.05, 0) is 26.0 Å². The minimum atomic E-state index is -0.506. The summed E-state index contributed by atoms with van der Waals surface area (Å²) in [6, 6.07) is 4.79.